The van der Waals surface area contributed by atoms with Crippen molar-refractivity contribution in [2.75, 3.05) is 0 Å². The van der Waals surface area contributed by atoms with Gasteiger partial charge in [-0.15, -0.1) is 0 Å². The quantitative estimate of drug-likeness (QED) is 0.577. The lowest BCUT2D eigenvalue weighted by molar-refractivity contribution is -0.203. The molecule has 0 amide bonds. The van der Waals surface area contributed by atoms with Gasteiger partial charge in [0.1, 0.15) is 12.2 Å². The summed E-state index contributed by atoms with van der Waals surface area (Å²) < 4.78 is 24.6. The van der Waals surface area contributed by atoms with Gasteiger partial charge in [-0.2, -0.15) is 0 Å². The summed E-state index contributed by atoms with van der Waals surface area (Å²) in [6.45, 7) is 6.34. The lowest BCUT2D eigenvalue weighted by atomic mass is 9.82. The van der Waals surface area contributed by atoms with Gasteiger partial charge in [0.25, 0.3) is 0 Å². The van der Waals surface area contributed by atoms with Crippen molar-refractivity contribution in [3.8, 4) is 0 Å². The molecule has 0 aromatic rings. The molecule has 4 atom stereocenters. The van der Waals surface area contributed by atoms with Crippen molar-refractivity contribution in [3.05, 3.63) is 0 Å². The molecule has 1 spiro atoms. The first-order chi connectivity index (χ1) is 10.3. The Hall–Kier alpha value is -0.433. The lowest BCUT2D eigenvalue weighted by Crippen LogP contribution is -2.52. The van der Waals surface area contributed by atoms with Crippen LogP contribution >= 0.6 is 0 Å². The molecule has 0 aromatic carbocycles. The number of rotatable bonds is 2. The van der Waals surface area contributed by atoms with Gasteiger partial charge in [0.15, 0.2) is 19.7 Å². The highest BCUT2D eigenvalue weighted by Crippen LogP contribution is 2.51. The minimum Gasteiger partial charge on any atom is -0.457 e. The second kappa shape index (κ2) is 4.78. The normalized spacial score (nSPS) is 43.2. The fourth-order valence-electron chi connectivity index (χ4n) is 4.57. The molecule has 4 aliphatic rings. The van der Waals surface area contributed by atoms with Gasteiger partial charge in [-0.3, -0.25) is 0 Å². The molecule has 4 rings (SSSR count). The molecule has 0 radical (unpaired) electrons. The standard InChI is InChI=1S/C16H26O5Si/c1-22(2,3)21-15-9-11(18-14(15)17)13-12(10-15)19-16(20-13)7-5-4-6-8-16/h11-13H,4-10H2,1-3H3/t11?,12-,13+,15-/m1/s1. The van der Waals surface area contributed by atoms with Crippen LogP contribution in [0.4, 0.5) is 0 Å². The first-order valence-corrected chi connectivity index (χ1v) is 12.0. The molecule has 2 saturated heterocycles. The van der Waals surface area contributed by atoms with Gasteiger partial charge in [-0.1, -0.05) is 6.42 Å². The van der Waals surface area contributed by atoms with Crippen molar-refractivity contribution in [2.24, 2.45) is 0 Å². The minimum atomic E-state index is -1.84. The van der Waals surface area contributed by atoms with Gasteiger partial charge in [0, 0.05) is 25.7 Å². The van der Waals surface area contributed by atoms with E-state index in [1.54, 1.807) is 0 Å². The van der Waals surface area contributed by atoms with Crippen LogP contribution in [-0.4, -0.2) is 44.0 Å². The highest BCUT2D eigenvalue weighted by atomic mass is 28.4. The van der Waals surface area contributed by atoms with E-state index in [4.69, 9.17) is 18.6 Å². The van der Waals surface area contributed by atoms with Crippen molar-refractivity contribution in [3.63, 3.8) is 0 Å². The predicted octanol–water partition coefficient (Wildman–Crippen LogP) is 2.74. The summed E-state index contributed by atoms with van der Waals surface area (Å²) in [4.78, 5) is 12.4. The first-order valence-electron chi connectivity index (χ1n) is 8.58. The zero-order valence-electron chi connectivity index (χ0n) is 13.7. The zero-order valence-corrected chi connectivity index (χ0v) is 14.7. The number of hydrogen-bond donors (Lipinski definition) is 0. The monoisotopic (exact) mass is 326 g/mol. The second-order valence-electron chi connectivity index (χ2n) is 8.27. The van der Waals surface area contributed by atoms with Crippen molar-refractivity contribution in [1.82, 2.24) is 0 Å². The number of carbonyl (C=O) groups excluding carboxylic acids is 1. The van der Waals surface area contributed by atoms with Crippen molar-refractivity contribution < 1.29 is 23.4 Å². The number of carbonyl (C=O) groups is 1. The van der Waals surface area contributed by atoms with E-state index in [1.807, 2.05) is 0 Å². The number of ether oxygens (including phenoxy) is 3. The zero-order chi connectivity index (χ0) is 15.6. The van der Waals surface area contributed by atoms with Gasteiger partial charge >= 0.3 is 5.97 Å². The van der Waals surface area contributed by atoms with Crippen LogP contribution in [0.2, 0.25) is 19.6 Å². The molecule has 1 unspecified atom stereocenters. The van der Waals surface area contributed by atoms with Crippen LogP contribution in [0.25, 0.3) is 0 Å². The topological polar surface area (TPSA) is 54.0 Å². The van der Waals surface area contributed by atoms with Crippen LogP contribution in [-0.2, 0) is 23.4 Å². The maximum atomic E-state index is 12.4. The highest BCUT2D eigenvalue weighted by Gasteiger charge is 2.65. The fraction of sp³-hybridized carbons (Fsp3) is 0.938. The molecule has 2 bridgehead atoms. The van der Waals surface area contributed by atoms with Crippen molar-refractivity contribution >= 4 is 14.3 Å². The van der Waals surface area contributed by atoms with Crippen LogP contribution < -0.4 is 0 Å². The summed E-state index contributed by atoms with van der Waals surface area (Å²) in [5.41, 5.74) is -0.792. The van der Waals surface area contributed by atoms with Crippen LogP contribution in [0.3, 0.4) is 0 Å². The van der Waals surface area contributed by atoms with Crippen LogP contribution in [0.1, 0.15) is 44.9 Å². The van der Waals surface area contributed by atoms with E-state index in [0.717, 1.165) is 25.7 Å². The Kier molecular flexibility index (Phi) is 3.29. The Morgan fingerprint density at radius 2 is 1.73 bits per heavy atom. The first kappa shape index (κ1) is 15.1. The molecule has 2 heterocycles. The van der Waals surface area contributed by atoms with Crippen molar-refractivity contribution in [1.29, 1.82) is 0 Å². The molecule has 2 saturated carbocycles. The third-order valence-corrected chi connectivity index (χ3v) is 6.26. The molecule has 5 nitrogen and oxygen atoms in total. The lowest BCUT2D eigenvalue weighted by Gasteiger charge is -2.37. The summed E-state index contributed by atoms with van der Waals surface area (Å²) in [5.74, 6) is -0.635. The number of esters is 1. The highest BCUT2D eigenvalue weighted by molar-refractivity contribution is 6.70. The predicted molar refractivity (Wildman–Crippen MR) is 81.8 cm³/mol. The van der Waals surface area contributed by atoms with Crippen LogP contribution in [0.15, 0.2) is 0 Å². The third kappa shape index (κ3) is 2.35. The maximum Gasteiger partial charge on any atom is 0.337 e. The third-order valence-electron chi connectivity index (χ3n) is 5.26. The molecular formula is C16H26O5Si. The molecule has 6 heteroatoms. The largest absolute Gasteiger partial charge is 0.457 e. The number of hydrogen-bond acceptors (Lipinski definition) is 5. The van der Waals surface area contributed by atoms with Gasteiger partial charge < -0.3 is 18.6 Å². The molecule has 124 valence electrons. The molecule has 2 aliphatic heterocycles. The summed E-state index contributed by atoms with van der Waals surface area (Å²) in [6.07, 6.45) is 6.30. The smallest absolute Gasteiger partial charge is 0.337 e. The van der Waals surface area contributed by atoms with E-state index in [1.165, 1.54) is 6.42 Å². The van der Waals surface area contributed by atoms with Crippen LogP contribution in [0, 0.1) is 0 Å². The molecule has 4 fully saturated rings. The average Bonchev–Trinajstić information content (AvgIpc) is 2.87. The Balaban J connectivity index is 1.57. The van der Waals surface area contributed by atoms with E-state index in [0.29, 0.717) is 12.8 Å². The van der Waals surface area contributed by atoms with E-state index in [-0.39, 0.29) is 24.3 Å². The SMILES string of the molecule is C[Si](C)(C)O[C@@]12CC(OC1=O)[C@@H]1OC3(CCCCC3)O[C@@H]1C2. The summed E-state index contributed by atoms with van der Waals surface area (Å²) in [5, 5.41) is 0. The molecule has 22 heavy (non-hydrogen) atoms. The molecule has 0 aromatic heterocycles. The van der Waals surface area contributed by atoms with Gasteiger partial charge in [0.2, 0.25) is 0 Å². The fourth-order valence-corrected chi connectivity index (χ4v) is 6.00. The summed E-state index contributed by atoms with van der Waals surface area (Å²) >= 11 is 0. The van der Waals surface area contributed by atoms with E-state index in [2.05, 4.69) is 19.6 Å². The van der Waals surface area contributed by atoms with Crippen molar-refractivity contribution in [2.45, 2.75) is 94.3 Å². The second-order valence-corrected chi connectivity index (χ2v) is 12.7. The summed E-state index contributed by atoms with van der Waals surface area (Å²) in [7, 11) is -1.84. The summed E-state index contributed by atoms with van der Waals surface area (Å²) in [6, 6.07) is 0. The van der Waals surface area contributed by atoms with E-state index >= 15 is 0 Å². The Morgan fingerprint density at radius 3 is 2.41 bits per heavy atom. The number of fused-ring (bicyclic) bond motifs is 4. The van der Waals surface area contributed by atoms with E-state index in [9.17, 15) is 4.79 Å². The molecular weight excluding hydrogens is 300 g/mol. The van der Waals surface area contributed by atoms with Gasteiger partial charge in [-0.05, 0) is 32.5 Å². The van der Waals surface area contributed by atoms with Gasteiger partial charge in [0.05, 0.1) is 6.10 Å². The van der Waals surface area contributed by atoms with Gasteiger partial charge in [-0.25, -0.2) is 4.79 Å². The minimum absolute atomic E-state index is 0.0698. The average molecular weight is 326 g/mol. The Labute approximate surface area is 132 Å². The Morgan fingerprint density at radius 1 is 1.05 bits per heavy atom. The van der Waals surface area contributed by atoms with Crippen LogP contribution in [0.5, 0.6) is 0 Å². The Bertz CT molecular complexity index is 481. The molecule has 0 N–H and O–H groups in total. The molecule has 2 aliphatic carbocycles. The maximum absolute atomic E-state index is 12.4. The van der Waals surface area contributed by atoms with E-state index < -0.39 is 19.7 Å².